The van der Waals surface area contributed by atoms with E-state index in [1.165, 1.54) is 6.08 Å². The van der Waals surface area contributed by atoms with Crippen molar-refractivity contribution >= 4 is 5.78 Å². The lowest BCUT2D eigenvalue weighted by Gasteiger charge is -2.09. The van der Waals surface area contributed by atoms with Crippen LogP contribution in [0.1, 0.15) is 6.92 Å². The predicted molar refractivity (Wildman–Crippen MR) is 33.9 cm³/mol. The number of hydrogen-bond acceptors (Lipinski definition) is 2. The lowest BCUT2D eigenvalue weighted by atomic mass is 10.0. The molecule has 0 aromatic carbocycles. The molecule has 0 aromatic rings. The summed E-state index contributed by atoms with van der Waals surface area (Å²) in [5.41, 5.74) is 0.711. The molecule has 0 bridgehead atoms. The molecule has 1 rings (SSSR count). The van der Waals surface area contributed by atoms with Gasteiger partial charge in [0.2, 0.25) is 0 Å². The highest BCUT2D eigenvalue weighted by Gasteiger charge is 2.15. The van der Waals surface area contributed by atoms with Crippen molar-refractivity contribution in [1.82, 2.24) is 0 Å². The maximum Gasteiger partial charge on any atom is 0.188 e. The van der Waals surface area contributed by atoms with Crippen LogP contribution in [0.3, 0.4) is 0 Å². The van der Waals surface area contributed by atoms with Gasteiger partial charge in [0.1, 0.15) is 6.10 Å². The Morgan fingerprint density at radius 3 is 2.78 bits per heavy atom. The van der Waals surface area contributed by atoms with Gasteiger partial charge in [-0.2, -0.15) is 0 Å². The van der Waals surface area contributed by atoms with Gasteiger partial charge in [0, 0.05) is 0 Å². The minimum atomic E-state index is -0.894. The summed E-state index contributed by atoms with van der Waals surface area (Å²) in [6.45, 7) is 1.73. The number of carbonyl (C=O) groups is 1. The third-order valence-electron chi connectivity index (χ3n) is 1.32. The predicted octanol–water partition coefficient (Wildman–Crippen LogP) is 0.433. The Balaban J connectivity index is 2.86. The molecular formula is C7H8O2. The molecule has 0 spiro atoms. The van der Waals surface area contributed by atoms with Crippen molar-refractivity contribution in [3.8, 4) is 0 Å². The lowest BCUT2D eigenvalue weighted by Crippen LogP contribution is -2.20. The second-order valence-corrected chi connectivity index (χ2v) is 2.07. The number of aliphatic hydroxyl groups is 1. The molecule has 9 heavy (non-hydrogen) atoms. The molecule has 0 saturated heterocycles. The topological polar surface area (TPSA) is 37.3 Å². The van der Waals surface area contributed by atoms with Crippen LogP contribution in [0.4, 0.5) is 0 Å². The second-order valence-electron chi connectivity index (χ2n) is 2.07. The van der Waals surface area contributed by atoms with Crippen LogP contribution in [0, 0.1) is 0 Å². The molecule has 0 saturated carbocycles. The van der Waals surface area contributed by atoms with Crippen molar-refractivity contribution in [3.63, 3.8) is 0 Å². The van der Waals surface area contributed by atoms with E-state index >= 15 is 0 Å². The summed E-state index contributed by atoms with van der Waals surface area (Å²) in [6, 6.07) is 0. The first kappa shape index (κ1) is 6.23. The Hall–Kier alpha value is -0.890. The molecule has 0 fully saturated rings. The zero-order valence-corrected chi connectivity index (χ0v) is 5.16. The molecule has 0 amide bonds. The number of aliphatic hydroxyl groups excluding tert-OH is 1. The van der Waals surface area contributed by atoms with Crippen LogP contribution >= 0.6 is 0 Å². The van der Waals surface area contributed by atoms with Gasteiger partial charge in [-0.3, -0.25) is 4.79 Å². The maximum absolute atomic E-state index is 10.6. The molecule has 2 heteroatoms. The number of allylic oxidation sites excluding steroid dienone is 2. The maximum atomic E-state index is 10.6. The highest BCUT2D eigenvalue weighted by atomic mass is 16.3. The van der Waals surface area contributed by atoms with E-state index < -0.39 is 6.10 Å². The van der Waals surface area contributed by atoms with Gasteiger partial charge in [-0.1, -0.05) is 12.2 Å². The molecular weight excluding hydrogens is 116 g/mol. The van der Waals surface area contributed by atoms with Gasteiger partial charge in [0.05, 0.1) is 0 Å². The average Bonchev–Trinajstić information content (AvgIpc) is 1.83. The summed E-state index contributed by atoms with van der Waals surface area (Å²) in [5, 5.41) is 8.98. The van der Waals surface area contributed by atoms with E-state index in [0.717, 1.165) is 0 Å². The summed E-state index contributed by atoms with van der Waals surface area (Å²) in [4.78, 5) is 10.6. The Labute approximate surface area is 53.5 Å². The number of ketones is 1. The number of carbonyl (C=O) groups excluding carboxylic acids is 1. The standard InChI is InChI=1S/C7H8O2/c1-5-3-2-4-6(8)7(5)9/h2-4,7,9H,1H3/t7-/m1/s1. The van der Waals surface area contributed by atoms with E-state index in [1.807, 2.05) is 0 Å². The van der Waals surface area contributed by atoms with Crippen LogP contribution in [-0.4, -0.2) is 17.0 Å². The first-order chi connectivity index (χ1) is 4.22. The number of rotatable bonds is 0. The fraction of sp³-hybridized carbons (Fsp3) is 0.286. The zero-order valence-electron chi connectivity index (χ0n) is 5.16. The van der Waals surface area contributed by atoms with Gasteiger partial charge in [-0.15, -0.1) is 0 Å². The Bertz CT molecular complexity index is 189. The Kier molecular flexibility index (Phi) is 1.49. The molecule has 1 aliphatic rings. The van der Waals surface area contributed by atoms with Gasteiger partial charge >= 0.3 is 0 Å². The molecule has 1 N–H and O–H groups in total. The van der Waals surface area contributed by atoms with Gasteiger partial charge in [-0.05, 0) is 18.6 Å². The smallest absolute Gasteiger partial charge is 0.188 e. The Morgan fingerprint density at radius 1 is 1.67 bits per heavy atom. The molecule has 0 aliphatic heterocycles. The van der Waals surface area contributed by atoms with Gasteiger partial charge < -0.3 is 5.11 Å². The van der Waals surface area contributed by atoms with Gasteiger partial charge in [0.15, 0.2) is 5.78 Å². The highest BCUT2D eigenvalue weighted by molar-refractivity contribution is 5.96. The van der Waals surface area contributed by atoms with Crippen molar-refractivity contribution < 1.29 is 9.90 Å². The van der Waals surface area contributed by atoms with Crippen molar-refractivity contribution in [1.29, 1.82) is 0 Å². The van der Waals surface area contributed by atoms with Crippen molar-refractivity contribution in [2.24, 2.45) is 0 Å². The van der Waals surface area contributed by atoms with Crippen molar-refractivity contribution in [3.05, 3.63) is 23.8 Å². The largest absolute Gasteiger partial charge is 0.381 e. The molecule has 48 valence electrons. The fourth-order valence-corrected chi connectivity index (χ4v) is 0.701. The van der Waals surface area contributed by atoms with E-state index in [-0.39, 0.29) is 5.78 Å². The molecule has 0 radical (unpaired) electrons. The third kappa shape index (κ3) is 1.08. The van der Waals surface area contributed by atoms with E-state index in [9.17, 15) is 4.79 Å². The zero-order chi connectivity index (χ0) is 6.85. The Morgan fingerprint density at radius 2 is 2.33 bits per heavy atom. The first-order valence-electron chi connectivity index (χ1n) is 2.78. The summed E-state index contributed by atoms with van der Waals surface area (Å²) >= 11 is 0. The van der Waals surface area contributed by atoms with Crippen LogP contribution in [-0.2, 0) is 4.79 Å². The minimum Gasteiger partial charge on any atom is -0.381 e. The van der Waals surface area contributed by atoms with E-state index in [2.05, 4.69) is 0 Å². The van der Waals surface area contributed by atoms with Crippen LogP contribution in [0.2, 0.25) is 0 Å². The van der Waals surface area contributed by atoms with E-state index in [1.54, 1.807) is 19.1 Å². The SMILES string of the molecule is CC1=CC=CC(=O)[C@@H]1O. The summed E-state index contributed by atoms with van der Waals surface area (Å²) in [5.74, 6) is -0.227. The molecule has 0 unspecified atom stereocenters. The molecule has 0 heterocycles. The average molecular weight is 124 g/mol. The normalized spacial score (nSPS) is 26.2. The second kappa shape index (κ2) is 2.15. The summed E-state index contributed by atoms with van der Waals surface area (Å²) in [6.07, 6.45) is 3.85. The third-order valence-corrected chi connectivity index (χ3v) is 1.32. The van der Waals surface area contributed by atoms with E-state index in [0.29, 0.717) is 5.57 Å². The molecule has 0 aromatic heterocycles. The number of hydrogen-bond donors (Lipinski definition) is 1. The monoisotopic (exact) mass is 124 g/mol. The fourth-order valence-electron chi connectivity index (χ4n) is 0.701. The van der Waals surface area contributed by atoms with Crippen LogP contribution in [0.25, 0.3) is 0 Å². The van der Waals surface area contributed by atoms with Crippen LogP contribution in [0.5, 0.6) is 0 Å². The van der Waals surface area contributed by atoms with Crippen molar-refractivity contribution in [2.75, 3.05) is 0 Å². The van der Waals surface area contributed by atoms with Crippen LogP contribution < -0.4 is 0 Å². The highest BCUT2D eigenvalue weighted by Crippen LogP contribution is 2.07. The van der Waals surface area contributed by atoms with Gasteiger partial charge in [0.25, 0.3) is 0 Å². The lowest BCUT2D eigenvalue weighted by molar-refractivity contribution is -0.120. The molecule has 1 atom stereocenters. The molecule has 2 nitrogen and oxygen atoms in total. The minimum absolute atomic E-state index is 0.227. The molecule has 1 aliphatic carbocycles. The van der Waals surface area contributed by atoms with E-state index in [4.69, 9.17) is 5.11 Å². The summed E-state index contributed by atoms with van der Waals surface area (Å²) in [7, 11) is 0. The first-order valence-corrected chi connectivity index (χ1v) is 2.78. The van der Waals surface area contributed by atoms with Crippen molar-refractivity contribution in [2.45, 2.75) is 13.0 Å². The van der Waals surface area contributed by atoms with Crippen LogP contribution in [0.15, 0.2) is 23.8 Å². The quantitative estimate of drug-likeness (QED) is 0.508. The van der Waals surface area contributed by atoms with Gasteiger partial charge in [-0.25, -0.2) is 0 Å². The summed E-state index contributed by atoms with van der Waals surface area (Å²) < 4.78 is 0.